The van der Waals surface area contributed by atoms with Gasteiger partial charge >= 0.3 is 0 Å². The molecular formula is C15H18ClN3O3S. The molecule has 0 unspecified atom stereocenters. The highest BCUT2D eigenvalue weighted by Gasteiger charge is 2.24. The van der Waals surface area contributed by atoms with Crippen LogP contribution in [0.2, 0.25) is 5.15 Å². The van der Waals surface area contributed by atoms with Crippen molar-refractivity contribution in [3.8, 4) is 5.75 Å². The van der Waals surface area contributed by atoms with E-state index in [9.17, 15) is 8.42 Å². The van der Waals surface area contributed by atoms with Gasteiger partial charge in [0.05, 0.1) is 24.2 Å². The first kappa shape index (κ1) is 17.5. The fraction of sp³-hybridized carbons (Fsp3) is 0.267. The number of halogens is 1. The molecule has 0 atom stereocenters. The van der Waals surface area contributed by atoms with E-state index in [0.717, 1.165) is 0 Å². The molecule has 0 radical (unpaired) electrons. The first-order valence-electron chi connectivity index (χ1n) is 6.82. The Kier molecular flexibility index (Phi) is 5.46. The van der Waals surface area contributed by atoms with E-state index in [1.165, 1.54) is 34.3 Å². The lowest BCUT2D eigenvalue weighted by molar-refractivity contribution is 0.413. The minimum atomic E-state index is -3.68. The van der Waals surface area contributed by atoms with Gasteiger partial charge in [-0.3, -0.25) is 4.68 Å². The van der Waals surface area contributed by atoms with Crippen LogP contribution < -0.4 is 4.74 Å². The minimum absolute atomic E-state index is 0.112. The van der Waals surface area contributed by atoms with Crippen molar-refractivity contribution < 1.29 is 13.2 Å². The Balaban J connectivity index is 2.31. The molecule has 6 nitrogen and oxygen atoms in total. The van der Waals surface area contributed by atoms with E-state index in [4.69, 9.17) is 16.3 Å². The zero-order valence-corrected chi connectivity index (χ0v) is 14.5. The lowest BCUT2D eigenvalue weighted by Crippen LogP contribution is -2.31. The molecule has 1 aromatic heterocycles. The summed E-state index contributed by atoms with van der Waals surface area (Å²) in [6, 6.07) is 7.87. The maximum absolute atomic E-state index is 12.8. The van der Waals surface area contributed by atoms with Gasteiger partial charge in [0, 0.05) is 13.6 Å². The zero-order chi connectivity index (χ0) is 17.0. The number of aromatic nitrogens is 2. The maximum atomic E-state index is 12.8. The lowest BCUT2D eigenvalue weighted by Gasteiger charge is -2.19. The molecule has 2 rings (SSSR count). The largest absolute Gasteiger partial charge is 0.497 e. The van der Waals surface area contributed by atoms with Crippen molar-refractivity contribution in [3.05, 3.63) is 53.8 Å². The number of rotatable bonds is 7. The van der Waals surface area contributed by atoms with Gasteiger partial charge in [0.1, 0.15) is 10.9 Å². The van der Waals surface area contributed by atoms with E-state index in [1.807, 2.05) is 0 Å². The van der Waals surface area contributed by atoms with Crippen molar-refractivity contribution in [2.24, 2.45) is 7.05 Å². The number of nitrogens with zero attached hydrogens (tertiary/aromatic N) is 3. The SMILES string of the molecule is C=CCN(Cc1cc(Cl)n(C)n1)S(=O)(=O)c1ccc(OC)cc1. The molecule has 1 heterocycles. The number of methoxy groups -OCH3 is 1. The summed E-state index contributed by atoms with van der Waals surface area (Å²) in [7, 11) is -0.454. The lowest BCUT2D eigenvalue weighted by atomic mass is 10.3. The van der Waals surface area contributed by atoms with E-state index < -0.39 is 10.0 Å². The molecule has 0 saturated carbocycles. The van der Waals surface area contributed by atoms with Gasteiger partial charge in [0.25, 0.3) is 0 Å². The average molecular weight is 356 g/mol. The second-order valence-electron chi connectivity index (χ2n) is 4.84. The maximum Gasteiger partial charge on any atom is 0.243 e. The number of hydrogen-bond acceptors (Lipinski definition) is 4. The van der Waals surface area contributed by atoms with Crippen LogP contribution in [0.5, 0.6) is 5.75 Å². The number of ether oxygens (including phenoxy) is 1. The van der Waals surface area contributed by atoms with Crippen LogP contribution in [0.25, 0.3) is 0 Å². The van der Waals surface area contributed by atoms with E-state index in [1.54, 1.807) is 25.2 Å². The first-order chi connectivity index (χ1) is 10.9. The Morgan fingerprint density at radius 1 is 1.39 bits per heavy atom. The van der Waals surface area contributed by atoms with Gasteiger partial charge < -0.3 is 4.74 Å². The molecule has 0 aliphatic heterocycles. The van der Waals surface area contributed by atoms with Crippen molar-refractivity contribution in [2.75, 3.05) is 13.7 Å². The van der Waals surface area contributed by atoms with Crippen LogP contribution in [-0.2, 0) is 23.6 Å². The topological polar surface area (TPSA) is 64.4 Å². The number of sulfonamides is 1. The van der Waals surface area contributed by atoms with Gasteiger partial charge in [-0.1, -0.05) is 17.7 Å². The second-order valence-corrected chi connectivity index (χ2v) is 7.17. The smallest absolute Gasteiger partial charge is 0.243 e. The Labute approximate surface area is 141 Å². The average Bonchev–Trinajstić information content (AvgIpc) is 2.85. The van der Waals surface area contributed by atoms with E-state index in [2.05, 4.69) is 11.7 Å². The third-order valence-corrected chi connectivity index (χ3v) is 5.42. The highest BCUT2D eigenvalue weighted by atomic mass is 35.5. The Bertz CT molecular complexity index is 765. The molecular weight excluding hydrogens is 338 g/mol. The van der Waals surface area contributed by atoms with Crippen LogP contribution in [0.1, 0.15) is 5.69 Å². The molecule has 124 valence electrons. The fourth-order valence-electron chi connectivity index (χ4n) is 2.05. The number of hydrogen-bond donors (Lipinski definition) is 0. The Morgan fingerprint density at radius 3 is 2.52 bits per heavy atom. The normalized spacial score (nSPS) is 11.7. The van der Waals surface area contributed by atoms with Crippen LogP contribution in [0, 0.1) is 0 Å². The van der Waals surface area contributed by atoms with Gasteiger partial charge in [-0.05, 0) is 30.3 Å². The Hall–Kier alpha value is -1.83. The predicted octanol–water partition coefficient (Wildman–Crippen LogP) is 2.46. The van der Waals surface area contributed by atoms with Crippen molar-refractivity contribution >= 4 is 21.6 Å². The molecule has 23 heavy (non-hydrogen) atoms. The summed E-state index contributed by atoms with van der Waals surface area (Å²) in [5.74, 6) is 0.593. The standard InChI is InChI=1S/C15H18ClN3O3S/c1-4-9-19(11-12-10-15(16)18(2)17-12)23(20,21)14-7-5-13(22-3)6-8-14/h4-8,10H,1,9,11H2,2-3H3. The molecule has 0 spiro atoms. The quantitative estimate of drug-likeness (QED) is 0.716. The van der Waals surface area contributed by atoms with E-state index >= 15 is 0 Å². The van der Waals surface area contributed by atoms with Crippen molar-refractivity contribution in [1.82, 2.24) is 14.1 Å². The molecule has 1 aromatic carbocycles. The predicted molar refractivity (Wildman–Crippen MR) is 89.0 cm³/mol. The third kappa shape index (κ3) is 3.93. The minimum Gasteiger partial charge on any atom is -0.497 e. The van der Waals surface area contributed by atoms with Gasteiger partial charge in [-0.25, -0.2) is 8.42 Å². The van der Waals surface area contributed by atoms with Crippen LogP contribution in [0.15, 0.2) is 47.9 Å². The summed E-state index contributed by atoms with van der Waals surface area (Å²) in [4.78, 5) is 0.183. The van der Waals surface area contributed by atoms with Gasteiger partial charge in [-0.15, -0.1) is 6.58 Å². The van der Waals surface area contributed by atoms with Crippen LogP contribution in [0.4, 0.5) is 0 Å². The summed E-state index contributed by atoms with van der Waals surface area (Å²) in [6.45, 7) is 3.90. The molecule has 0 saturated heterocycles. The summed E-state index contributed by atoms with van der Waals surface area (Å²) in [5.41, 5.74) is 0.566. The van der Waals surface area contributed by atoms with Crippen LogP contribution >= 0.6 is 11.6 Å². The summed E-state index contributed by atoms with van der Waals surface area (Å²) in [6.07, 6.45) is 1.53. The number of aryl methyl sites for hydroxylation is 1. The van der Waals surface area contributed by atoms with Crippen molar-refractivity contribution in [2.45, 2.75) is 11.4 Å². The summed E-state index contributed by atoms with van der Waals surface area (Å²) >= 11 is 5.95. The van der Waals surface area contributed by atoms with E-state index in [-0.39, 0.29) is 18.0 Å². The Morgan fingerprint density at radius 2 is 2.04 bits per heavy atom. The highest BCUT2D eigenvalue weighted by molar-refractivity contribution is 7.89. The van der Waals surface area contributed by atoms with Crippen LogP contribution in [0.3, 0.4) is 0 Å². The van der Waals surface area contributed by atoms with Crippen molar-refractivity contribution in [3.63, 3.8) is 0 Å². The molecule has 0 aliphatic carbocycles. The second kappa shape index (κ2) is 7.16. The highest BCUT2D eigenvalue weighted by Crippen LogP contribution is 2.21. The zero-order valence-electron chi connectivity index (χ0n) is 12.9. The fourth-order valence-corrected chi connectivity index (χ4v) is 3.59. The van der Waals surface area contributed by atoms with Gasteiger partial charge in [-0.2, -0.15) is 9.40 Å². The monoisotopic (exact) mass is 355 g/mol. The molecule has 8 heteroatoms. The third-order valence-electron chi connectivity index (χ3n) is 3.24. The molecule has 0 bridgehead atoms. The molecule has 0 fully saturated rings. The molecule has 0 N–H and O–H groups in total. The van der Waals surface area contributed by atoms with Gasteiger partial charge in [0.2, 0.25) is 10.0 Å². The summed E-state index contributed by atoms with van der Waals surface area (Å²) in [5, 5.41) is 4.64. The van der Waals surface area contributed by atoms with E-state index in [0.29, 0.717) is 16.6 Å². The van der Waals surface area contributed by atoms with Crippen LogP contribution in [-0.4, -0.2) is 36.2 Å². The molecule has 0 amide bonds. The summed E-state index contributed by atoms with van der Waals surface area (Å²) < 4.78 is 33.4. The molecule has 0 aliphatic rings. The molecule has 2 aromatic rings. The van der Waals surface area contributed by atoms with Gasteiger partial charge in [0.15, 0.2) is 0 Å². The number of benzene rings is 1. The van der Waals surface area contributed by atoms with Crippen molar-refractivity contribution in [1.29, 1.82) is 0 Å². The first-order valence-corrected chi connectivity index (χ1v) is 8.64.